The fourth-order valence-electron chi connectivity index (χ4n) is 5.23. The van der Waals surface area contributed by atoms with Crippen LogP contribution in [0.4, 0.5) is 17.6 Å². The quantitative estimate of drug-likeness (QED) is 0.624. The number of rotatable bonds is 6. The van der Waals surface area contributed by atoms with E-state index in [0.29, 0.717) is 35.4 Å². The highest BCUT2D eigenvalue weighted by Gasteiger charge is 2.42. The van der Waals surface area contributed by atoms with Crippen LogP contribution < -0.4 is 10.2 Å². The minimum Gasteiger partial charge on any atom is -0.388 e. The number of methoxy groups -OCH3 is 1. The third-order valence-electron chi connectivity index (χ3n) is 6.51. The second kappa shape index (κ2) is 8.05. The van der Waals surface area contributed by atoms with Crippen LogP contribution in [0.2, 0.25) is 0 Å². The first kappa shape index (κ1) is 20.1. The highest BCUT2D eigenvalue weighted by Crippen LogP contribution is 2.39. The number of nitrogens with zero attached hydrogens (tertiary/aromatic N) is 6. The molecule has 0 amide bonds. The first-order chi connectivity index (χ1) is 15.1. The molecule has 9 heteroatoms. The molecule has 2 N–H and O–H groups in total. The summed E-state index contributed by atoms with van der Waals surface area (Å²) >= 11 is 0. The highest BCUT2D eigenvalue weighted by molar-refractivity contribution is 5.79. The summed E-state index contributed by atoms with van der Waals surface area (Å²) in [4.78, 5) is 20.5. The molecule has 31 heavy (non-hydrogen) atoms. The molecule has 9 nitrogen and oxygen atoms in total. The molecule has 1 unspecified atom stereocenters. The lowest BCUT2D eigenvalue weighted by atomic mass is 9.95. The third-order valence-corrected chi connectivity index (χ3v) is 6.51. The van der Waals surface area contributed by atoms with Gasteiger partial charge >= 0.3 is 0 Å². The molecule has 164 valence electrons. The molecule has 3 atom stereocenters. The van der Waals surface area contributed by atoms with Crippen molar-refractivity contribution in [3.05, 3.63) is 30.4 Å². The van der Waals surface area contributed by atoms with Gasteiger partial charge in [-0.3, -0.25) is 0 Å². The highest BCUT2D eigenvalue weighted by atomic mass is 16.5. The van der Waals surface area contributed by atoms with Crippen LogP contribution in [0.15, 0.2) is 24.5 Å². The van der Waals surface area contributed by atoms with E-state index in [1.54, 1.807) is 12.4 Å². The molecule has 2 bridgehead atoms. The lowest BCUT2D eigenvalue weighted by Crippen LogP contribution is -2.46. The van der Waals surface area contributed by atoms with Gasteiger partial charge in [0.1, 0.15) is 29.6 Å². The molecule has 5 rings (SSSR count). The molecular weight excluding hydrogens is 394 g/mol. The molecule has 3 aromatic heterocycles. The van der Waals surface area contributed by atoms with Crippen molar-refractivity contribution in [3.63, 3.8) is 0 Å². The SMILES string of the molecule is COC1[C@@H]2CC[C@H]1CN(c1nccc(Nc3cc4c(cn3)nc(CO)n4C(C)C)n1)C2. The maximum Gasteiger partial charge on any atom is 0.227 e. The number of aromatic nitrogens is 5. The van der Waals surface area contributed by atoms with Gasteiger partial charge in [0.15, 0.2) is 0 Å². The average Bonchev–Trinajstić information content (AvgIpc) is 3.26. The van der Waals surface area contributed by atoms with Crippen molar-refractivity contribution in [2.75, 3.05) is 30.4 Å². The molecular formula is C22H29N7O2. The van der Waals surface area contributed by atoms with E-state index in [4.69, 9.17) is 9.72 Å². The van der Waals surface area contributed by atoms with E-state index < -0.39 is 0 Å². The minimum atomic E-state index is -0.105. The van der Waals surface area contributed by atoms with Crippen LogP contribution in [0.1, 0.15) is 38.6 Å². The van der Waals surface area contributed by atoms with Crippen molar-refractivity contribution in [2.24, 2.45) is 11.8 Å². The molecule has 1 saturated carbocycles. The number of aliphatic hydroxyl groups excluding tert-OH is 1. The standard InChI is InChI=1S/C22H29N7O2/c1-13(2)29-17-8-19(24-9-16(17)25-20(29)12-30)26-18-6-7-23-22(27-18)28-10-14-4-5-15(11-28)21(14)31-3/h6-9,13-15,21,30H,4-5,10-12H2,1-3H3,(H,23,24,26,27)/t14-,15+,21?. The third kappa shape index (κ3) is 3.61. The predicted molar refractivity (Wildman–Crippen MR) is 118 cm³/mol. The van der Waals surface area contributed by atoms with Crippen LogP contribution in [-0.4, -0.2) is 55.9 Å². The van der Waals surface area contributed by atoms with Crippen LogP contribution in [0.3, 0.4) is 0 Å². The fraction of sp³-hybridized carbons (Fsp3) is 0.545. The summed E-state index contributed by atoms with van der Waals surface area (Å²) in [5, 5.41) is 13.0. The number of pyridine rings is 1. The summed E-state index contributed by atoms with van der Waals surface area (Å²) in [6, 6.07) is 3.98. The van der Waals surface area contributed by atoms with Gasteiger partial charge in [0.2, 0.25) is 5.95 Å². The van der Waals surface area contributed by atoms with Crippen molar-refractivity contribution in [2.45, 2.75) is 45.4 Å². The zero-order valence-electron chi connectivity index (χ0n) is 18.2. The minimum absolute atomic E-state index is 0.105. The zero-order chi connectivity index (χ0) is 21.5. The normalized spacial score (nSPS) is 23.1. The average molecular weight is 424 g/mol. The summed E-state index contributed by atoms with van der Waals surface area (Å²) in [5.74, 6) is 3.86. The lowest BCUT2D eigenvalue weighted by Gasteiger charge is -2.37. The Bertz CT molecular complexity index is 1070. The van der Waals surface area contributed by atoms with Gasteiger partial charge in [0.05, 0.1) is 17.8 Å². The number of anilines is 3. The molecule has 1 aliphatic carbocycles. The lowest BCUT2D eigenvalue weighted by molar-refractivity contribution is 0.0293. The van der Waals surface area contributed by atoms with E-state index in [0.717, 1.165) is 30.1 Å². The number of ether oxygens (including phenoxy) is 1. The number of nitrogens with one attached hydrogen (secondary N) is 1. The van der Waals surface area contributed by atoms with E-state index in [2.05, 4.69) is 39.0 Å². The molecule has 4 heterocycles. The van der Waals surface area contributed by atoms with E-state index in [1.807, 2.05) is 23.8 Å². The molecule has 2 aliphatic rings. The molecule has 0 aromatic carbocycles. The first-order valence-electron chi connectivity index (χ1n) is 10.9. The van der Waals surface area contributed by atoms with Gasteiger partial charge < -0.3 is 24.6 Å². The Morgan fingerprint density at radius 1 is 1.16 bits per heavy atom. The fourth-order valence-corrected chi connectivity index (χ4v) is 5.23. The number of aliphatic hydroxyl groups is 1. The van der Waals surface area contributed by atoms with Gasteiger partial charge in [-0.15, -0.1) is 0 Å². The smallest absolute Gasteiger partial charge is 0.227 e. The van der Waals surface area contributed by atoms with Gasteiger partial charge in [-0.05, 0) is 32.8 Å². The Hall–Kier alpha value is -2.78. The van der Waals surface area contributed by atoms with Crippen molar-refractivity contribution in [3.8, 4) is 0 Å². The molecule has 0 radical (unpaired) electrons. The van der Waals surface area contributed by atoms with Gasteiger partial charge in [-0.2, -0.15) is 4.98 Å². The number of hydrogen-bond acceptors (Lipinski definition) is 8. The Balaban J connectivity index is 1.39. The van der Waals surface area contributed by atoms with Crippen molar-refractivity contribution in [1.29, 1.82) is 0 Å². The van der Waals surface area contributed by atoms with Crippen molar-refractivity contribution in [1.82, 2.24) is 24.5 Å². The van der Waals surface area contributed by atoms with Crippen LogP contribution in [0.25, 0.3) is 11.0 Å². The molecule has 1 saturated heterocycles. The Morgan fingerprint density at radius 2 is 1.94 bits per heavy atom. The Morgan fingerprint density at radius 3 is 2.61 bits per heavy atom. The van der Waals surface area contributed by atoms with E-state index in [9.17, 15) is 5.11 Å². The number of hydrogen-bond donors (Lipinski definition) is 2. The predicted octanol–water partition coefficient (Wildman–Crippen LogP) is 2.90. The maximum absolute atomic E-state index is 9.65. The van der Waals surface area contributed by atoms with Gasteiger partial charge in [-0.1, -0.05) is 0 Å². The van der Waals surface area contributed by atoms with Gasteiger partial charge in [-0.25, -0.2) is 15.0 Å². The van der Waals surface area contributed by atoms with E-state index in [1.165, 1.54) is 12.8 Å². The van der Waals surface area contributed by atoms with Crippen molar-refractivity contribution < 1.29 is 9.84 Å². The second-order valence-electron chi connectivity index (χ2n) is 8.78. The molecule has 2 fully saturated rings. The largest absolute Gasteiger partial charge is 0.388 e. The Kier molecular flexibility index (Phi) is 5.23. The van der Waals surface area contributed by atoms with Crippen LogP contribution in [0, 0.1) is 11.8 Å². The van der Waals surface area contributed by atoms with E-state index >= 15 is 0 Å². The number of piperidine rings is 1. The zero-order valence-corrected chi connectivity index (χ0v) is 18.2. The van der Waals surface area contributed by atoms with Crippen molar-refractivity contribution >= 4 is 28.6 Å². The van der Waals surface area contributed by atoms with Crippen LogP contribution >= 0.6 is 0 Å². The van der Waals surface area contributed by atoms with Crippen LogP contribution in [-0.2, 0) is 11.3 Å². The van der Waals surface area contributed by atoms with Gasteiger partial charge in [0, 0.05) is 50.3 Å². The first-order valence-corrected chi connectivity index (χ1v) is 10.9. The Labute approximate surface area is 181 Å². The topological polar surface area (TPSA) is 101 Å². The summed E-state index contributed by atoms with van der Waals surface area (Å²) < 4.78 is 7.76. The summed E-state index contributed by atoms with van der Waals surface area (Å²) in [6.45, 7) is 5.90. The molecule has 3 aromatic rings. The molecule has 0 spiro atoms. The summed E-state index contributed by atoms with van der Waals surface area (Å²) in [6.07, 6.45) is 6.30. The van der Waals surface area contributed by atoms with E-state index in [-0.39, 0.29) is 12.6 Å². The number of fused-ring (bicyclic) bond motifs is 3. The maximum atomic E-state index is 9.65. The monoisotopic (exact) mass is 423 g/mol. The number of imidazole rings is 1. The van der Waals surface area contributed by atoms with Gasteiger partial charge in [0.25, 0.3) is 0 Å². The molecule has 1 aliphatic heterocycles. The summed E-state index contributed by atoms with van der Waals surface area (Å²) in [5.41, 5.74) is 1.70. The van der Waals surface area contributed by atoms with Crippen LogP contribution in [0.5, 0.6) is 0 Å². The summed E-state index contributed by atoms with van der Waals surface area (Å²) in [7, 11) is 1.82. The second-order valence-corrected chi connectivity index (χ2v) is 8.78.